The van der Waals surface area contributed by atoms with Crippen LogP contribution in [0.15, 0.2) is 17.1 Å². The van der Waals surface area contributed by atoms with Gasteiger partial charge in [-0.25, -0.2) is 0 Å². The maximum atomic E-state index is 12.6. The second-order valence-corrected chi connectivity index (χ2v) is 7.19. The standard InChI is InChI=1S/C18H24N2O4/c1-23-14-9-19-12(8-13(14)21)18(22)20-16-11-6-7-24-17(11)15(16)10-4-2-3-5-10/h8-11,15-17H,2-7H2,1H3,(H,19,21)(H,20,22)/t11-,15+,16-,17-/m0/s1. The van der Waals surface area contributed by atoms with Gasteiger partial charge in [0.05, 0.1) is 13.2 Å². The fourth-order valence-corrected chi connectivity index (χ4v) is 4.84. The number of aromatic amines is 1. The molecule has 6 heteroatoms. The Labute approximate surface area is 140 Å². The average Bonchev–Trinajstić information content (AvgIpc) is 3.23. The van der Waals surface area contributed by atoms with Gasteiger partial charge in [0.25, 0.3) is 5.91 Å². The molecule has 24 heavy (non-hydrogen) atoms. The van der Waals surface area contributed by atoms with Gasteiger partial charge in [-0.05, 0) is 12.3 Å². The largest absolute Gasteiger partial charge is 0.491 e. The molecule has 0 radical (unpaired) electrons. The van der Waals surface area contributed by atoms with Crippen molar-refractivity contribution in [3.8, 4) is 5.75 Å². The quantitative estimate of drug-likeness (QED) is 0.879. The van der Waals surface area contributed by atoms with Crippen molar-refractivity contribution in [2.45, 2.75) is 44.2 Å². The number of methoxy groups -OCH3 is 1. The maximum Gasteiger partial charge on any atom is 0.268 e. The van der Waals surface area contributed by atoms with E-state index in [1.54, 1.807) is 0 Å². The zero-order valence-electron chi connectivity index (χ0n) is 13.9. The summed E-state index contributed by atoms with van der Waals surface area (Å²) in [5.74, 6) is 1.50. The molecule has 4 atom stereocenters. The van der Waals surface area contributed by atoms with Gasteiger partial charge in [0.15, 0.2) is 5.75 Å². The summed E-state index contributed by atoms with van der Waals surface area (Å²) in [6.07, 6.45) is 7.81. The minimum absolute atomic E-state index is 0.165. The lowest BCUT2D eigenvalue weighted by atomic mass is 9.61. The fraction of sp³-hybridized carbons (Fsp3) is 0.667. The molecule has 6 nitrogen and oxygen atoms in total. The molecule has 2 saturated carbocycles. The van der Waals surface area contributed by atoms with Crippen LogP contribution in [0, 0.1) is 17.8 Å². The molecule has 130 valence electrons. The van der Waals surface area contributed by atoms with E-state index in [9.17, 15) is 9.59 Å². The maximum absolute atomic E-state index is 12.6. The SMILES string of the molecule is COc1c[nH]c(C(=O)N[C@H]2[C@@H]3CCO[C@@H]3[C@@H]2C2CCCC2)cc1=O. The summed E-state index contributed by atoms with van der Waals surface area (Å²) in [5.41, 5.74) is -0.00207. The normalized spacial score (nSPS) is 32.2. The Kier molecular flexibility index (Phi) is 4.08. The number of aromatic nitrogens is 1. The van der Waals surface area contributed by atoms with Gasteiger partial charge in [-0.2, -0.15) is 0 Å². The van der Waals surface area contributed by atoms with Crippen molar-refractivity contribution < 1.29 is 14.3 Å². The number of amides is 1. The minimum Gasteiger partial charge on any atom is -0.491 e. The Morgan fingerprint density at radius 2 is 2.12 bits per heavy atom. The van der Waals surface area contributed by atoms with Crippen molar-refractivity contribution in [2.24, 2.45) is 17.8 Å². The van der Waals surface area contributed by atoms with Gasteiger partial charge < -0.3 is 19.8 Å². The number of carbonyl (C=O) groups excluding carboxylic acids is 1. The summed E-state index contributed by atoms with van der Waals surface area (Å²) >= 11 is 0. The van der Waals surface area contributed by atoms with E-state index in [0.717, 1.165) is 13.0 Å². The summed E-state index contributed by atoms with van der Waals surface area (Å²) in [6.45, 7) is 0.796. The van der Waals surface area contributed by atoms with Gasteiger partial charge in [0.1, 0.15) is 5.69 Å². The molecule has 1 aromatic rings. The lowest BCUT2D eigenvalue weighted by Crippen LogP contribution is -2.63. The molecule has 1 aromatic heterocycles. The Hall–Kier alpha value is -1.82. The highest BCUT2D eigenvalue weighted by atomic mass is 16.5. The summed E-state index contributed by atoms with van der Waals surface area (Å²) in [6, 6.07) is 1.47. The van der Waals surface area contributed by atoms with Crippen LogP contribution in [0.25, 0.3) is 0 Å². The van der Waals surface area contributed by atoms with Crippen LogP contribution >= 0.6 is 0 Å². The van der Waals surface area contributed by atoms with Gasteiger partial charge in [-0.15, -0.1) is 0 Å². The predicted octanol–water partition coefficient (Wildman–Crippen LogP) is 1.71. The van der Waals surface area contributed by atoms with E-state index < -0.39 is 0 Å². The number of pyridine rings is 1. The predicted molar refractivity (Wildman–Crippen MR) is 88.2 cm³/mol. The van der Waals surface area contributed by atoms with Crippen molar-refractivity contribution in [3.05, 3.63) is 28.2 Å². The van der Waals surface area contributed by atoms with Crippen molar-refractivity contribution in [2.75, 3.05) is 13.7 Å². The third-order valence-corrected chi connectivity index (χ3v) is 6.02. The summed E-state index contributed by atoms with van der Waals surface area (Å²) in [4.78, 5) is 27.3. The molecule has 3 fully saturated rings. The van der Waals surface area contributed by atoms with Crippen LogP contribution in [0.4, 0.5) is 0 Å². The molecule has 4 rings (SSSR count). The first-order chi connectivity index (χ1) is 11.7. The molecule has 1 aliphatic heterocycles. The first-order valence-electron chi connectivity index (χ1n) is 8.88. The molecule has 2 N–H and O–H groups in total. The Morgan fingerprint density at radius 1 is 1.33 bits per heavy atom. The average molecular weight is 332 g/mol. The van der Waals surface area contributed by atoms with Crippen molar-refractivity contribution in [1.82, 2.24) is 10.3 Å². The van der Waals surface area contributed by atoms with E-state index in [-0.39, 0.29) is 28.8 Å². The van der Waals surface area contributed by atoms with E-state index in [1.165, 1.54) is 45.1 Å². The number of H-pyrrole nitrogens is 1. The van der Waals surface area contributed by atoms with E-state index in [4.69, 9.17) is 9.47 Å². The molecule has 1 amide bonds. The van der Waals surface area contributed by atoms with Crippen LogP contribution < -0.4 is 15.5 Å². The Balaban J connectivity index is 1.49. The molecule has 2 heterocycles. The highest BCUT2D eigenvalue weighted by Crippen LogP contribution is 2.51. The van der Waals surface area contributed by atoms with E-state index >= 15 is 0 Å². The fourth-order valence-electron chi connectivity index (χ4n) is 4.84. The molecule has 3 aliphatic rings. The zero-order valence-corrected chi connectivity index (χ0v) is 13.9. The number of hydrogen-bond acceptors (Lipinski definition) is 4. The zero-order chi connectivity index (χ0) is 16.7. The lowest BCUT2D eigenvalue weighted by Gasteiger charge is -2.50. The number of hydrogen-bond donors (Lipinski definition) is 2. The summed E-state index contributed by atoms with van der Waals surface area (Å²) < 4.78 is 10.9. The van der Waals surface area contributed by atoms with E-state index in [2.05, 4.69) is 10.3 Å². The van der Waals surface area contributed by atoms with Gasteiger partial charge in [0, 0.05) is 36.7 Å². The second kappa shape index (κ2) is 6.24. The molecule has 1 saturated heterocycles. The van der Waals surface area contributed by atoms with E-state index in [0.29, 0.717) is 23.9 Å². The molecule has 0 unspecified atom stereocenters. The molecular weight excluding hydrogens is 308 g/mol. The number of rotatable bonds is 4. The van der Waals surface area contributed by atoms with Crippen molar-refractivity contribution in [1.29, 1.82) is 0 Å². The highest BCUT2D eigenvalue weighted by molar-refractivity contribution is 5.92. The van der Waals surface area contributed by atoms with Crippen LogP contribution in [0.1, 0.15) is 42.6 Å². The molecular formula is C18H24N2O4. The van der Waals surface area contributed by atoms with Crippen LogP contribution in [0.5, 0.6) is 5.75 Å². The van der Waals surface area contributed by atoms with Crippen molar-refractivity contribution in [3.63, 3.8) is 0 Å². The molecule has 0 spiro atoms. The number of carbonyl (C=O) groups is 1. The van der Waals surface area contributed by atoms with E-state index in [1.807, 2.05) is 0 Å². The van der Waals surface area contributed by atoms with Gasteiger partial charge in [-0.3, -0.25) is 9.59 Å². The first-order valence-corrected chi connectivity index (χ1v) is 8.88. The van der Waals surface area contributed by atoms with Gasteiger partial charge in [0.2, 0.25) is 5.43 Å². The number of nitrogens with one attached hydrogen (secondary N) is 2. The van der Waals surface area contributed by atoms with Gasteiger partial charge in [-0.1, -0.05) is 25.7 Å². The summed E-state index contributed by atoms with van der Waals surface area (Å²) in [5, 5.41) is 3.17. The number of ether oxygens (including phenoxy) is 2. The minimum atomic E-state index is -0.288. The van der Waals surface area contributed by atoms with Crippen LogP contribution in [0.2, 0.25) is 0 Å². The first kappa shape index (κ1) is 15.7. The third kappa shape index (κ3) is 2.53. The second-order valence-electron chi connectivity index (χ2n) is 7.19. The molecule has 0 aromatic carbocycles. The van der Waals surface area contributed by atoms with Gasteiger partial charge >= 0.3 is 0 Å². The van der Waals surface area contributed by atoms with Crippen molar-refractivity contribution >= 4 is 5.91 Å². The van der Waals surface area contributed by atoms with Crippen LogP contribution in [0.3, 0.4) is 0 Å². The smallest absolute Gasteiger partial charge is 0.268 e. The summed E-state index contributed by atoms with van der Waals surface area (Å²) in [7, 11) is 1.44. The Morgan fingerprint density at radius 3 is 2.83 bits per heavy atom. The molecule has 2 aliphatic carbocycles. The monoisotopic (exact) mass is 332 g/mol. The molecule has 0 bridgehead atoms. The topological polar surface area (TPSA) is 80.4 Å². The Bertz CT molecular complexity index is 675. The lowest BCUT2D eigenvalue weighted by molar-refractivity contribution is -0.0784. The van der Waals surface area contributed by atoms with Crippen LogP contribution in [-0.4, -0.2) is 36.8 Å². The third-order valence-electron chi connectivity index (χ3n) is 6.02. The van der Waals surface area contributed by atoms with Crippen LogP contribution in [-0.2, 0) is 4.74 Å². The number of fused-ring (bicyclic) bond motifs is 1. The highest BCUT2D eigenvalue weighted by Gasteiger charge is 2.57.